The Kier molecular flexibility index (Phi) is 3.50. The van der Waals surface area contributed by atoms with E-state index >= 15 is 0 Å². The summed E-state index contributed by atoms with van der Waals surface area (Å²) in [5.74, 6) is -10.0. The second kappa shape index (κ2) is 4.85. The minimum atomic E-state index is -4.48. The van der Waals surface area contributed by atoms with E-state index in [0.29, 0.717) is 11.1 Å². The normalized spacial score (nSPS) is 12.5. The molecule has 0 aliphatic heterocycles. The number of hydrogen-bond donors (Lipinski definition) is 0. The number of benzene rings is 1. The maximum Gasteiger partial charge on any atom is 0.372 e. The molecular formula is C14H12F4N2. The lowest BCUT2D eigenvalue weighted by molar-refractivity contribution is -0.228. The second-order valence-electron chi connectivity index (χ2n) is 4.60. The summed E-state index contributed by atoms with van der Waals surface area (Å²) < 4.78 is 56.0. The number of halogens is 4. The smallest absolute Gasteiger partial charge is 0.235 e. The van der Waals surface area contributed by atoms with Gasteiger partial charge in [0.2, 0.25) is 5.82 Å². The summed E-state index contributed by atoms with van der Waals surface area (Å²) in [6.45, 7) is 3.27. The molecule has 0 saturated carbocycles. The molecule has 0 atom stereocenters. The van der Waals surface area contributed by atoms with Gasteiger partial charge in [-0.1, -0.05) is 29.8 Å². The fourth-order valence-corrected chi connectivity index (χ4v) is 1.64. The van der Waals surface area contributed by atoms with Crippen LogP contribution in [0.5, 0.6) is 0 Å². The van der Waals surface area contributed by atoms with E-state index in [2.05, 4.69) is 9.97 Å². The molecule has 0 aliphatic carbocycles. The Morgan fingerprint density at radius 2 is 1.25 bits per heavy atom. The molecule has 0 fully saturated rings. The van der Waals surface area contributed by atoms with Crippen LogP contribution in [0.3, 0.4) is 0 Å². The van der Waals surface area contributed by atoms with Crippen molar-refractivity contribution in [1.82, 2.24) is 9.97 Å². The molecule has 2 nitrogen and oxygen atoms in total. The summed E-state index contributed by atoms with van der Waals surface area (Å²) >= 11 is 0. The van der Waals surface area contributed by atoms with Gasteiger partial charge in [0, 0.05) is 18.0 Å². The minimum Gasteiger partial charge on any atom is -0.235 e. The van der Waals surface area contributed by atoms with E-state index in [4.69, 9.17) is 0 Å². The van der Waals surface area contributed by atoms with Crippen molar-refractivity contribution < 1.29 is 17.6 Å². The molecule has 0 radical (unpaired) electrons. The summed E-state index contributed by atoms with van der Waals surface area (Å²) in [5.41, 5.74) is 0.458. The molecule has 0 spiro atoms. The Bertz CT molecular complexity index is 536. The molecule has 1 aromatic heterocycles. The van der Waals surface area contributed by atoms with Gasteiger partial charge < -0.3 is 0 Å². The first-order valence-corrected chi connectivity index (χ1v) is 5.87. The second-order valence-corrected chi connectivity index (χ2v) is 4.60. The SMILES string of the molecule is Cc1ccc(C(F)(F)C(F)(F)c2ncc(C)cn2)cc1. The zero-order valence-electron chi connectivity index (χ0n) is 10.9. The third kappa shape index (κ3) is 2.37. The van der Waals surface area contributed by atoms with Crippen LogP contribution in [0.1, 0.15) is 22.5 Å². The minimum absolute atomic E-state index is 0.517. The molecule has 1 aromatic carbocycles. The fourth-order valence-electron chi connectivity index (χ4n) is 1.64. The zero-order valence-corrected chi connectivity index (χ0v) is 10.9. The predicted molar refractivity (Wildman–Crippen MR) is 65.7 cm³/mol. The number of aromatic nitrogens is 2. The van der Waals surface area contributed by atoms with Gasteiger partial charge in [-0.05, 0) is 19.4 Å². The predicted octanol–water partition coefficient (Wildman–Crippen LogP) is 3.98. The van der Waals surface area contributed by atoms with Gasteiger partial charge in [0.15, 0.2) is 0 Å². The highest BCUT2D eigenvalue weighted by Crippen LogP contribution is 2.48. The first-order chi connectivity index (χ1) is 9.25. The summed E-state index contributed by atoms with van der Waals surface area (Å²) in [6, 6.07) is 4.68. The van der Waals surface area contributed by atoms with E-state index in [9.17, 15) is 17.6 Å². The van der Waals surface area contributed by atoms with Gasteiger partial charge in [-0.15, -0.1) is 0 Å². The molecule has 20 heavy (non-hydrogen) atoms. The van der Waals surface area contributed by atoms with Crippen LogP contribution in [-0.2, 0) is 11.8 Å². The van der Waals surface area contributed by atoms with Crippen LogP contribution < -0.4 is 0 Å². The van der Waals surface area contributed by atoms with E-state index in [1.807, 2.05) is 0 Å². The van der Waals surface area contributed by atoms with Crippen molar-refractivity contribution in [2.45, 2.75) is 25.7 Å². The Labute approximate surface area is 113 Å². The maximum atomic E-state index is 14.0. The molecule has 2 rings (SSSR count). The molecule has 6 heteroatoms. The number of hydrogen-bond acceptors (Lipinski definition) is 2. The molecule has 0 bridgehead atoms. The summed E-state index contributed by atoms with van der Waals surface area (Å²) in [6.07, 6.45) is 2.17. The van der Waals surface area contributed by atoms with E-state index in [0.717, 1.165) is 24.5 Å². The van der Waals surface area contributed by atoms with E-state index in [1.165, 1.54) is 12.1 Å². The monoisotopic (exact) mass is 284 g/mol. The van der Waals surface area contributed by atoms with Gasteiger partial charge >= 0.3 is 11.8 Å². The van der Waals surface area contributed by atoms with Gasteiger partial charge in [-0.2, -0.15) is 17.6 Å². The van der Waals surface area contributed by atoms with Crippen molar-refractivity contribution in [3.63, 3.8) is 0 Å². The summed E-state index contributed by atoms with van der Waals surface area (Å²) in [4.78, 5) is 6.64. The Balaban J connectivity index is 2.45. The van der Waals surface area contributed by atoms with Gasteiger partial charge in [-0.3, -0.25) is 0 Å². The van der Waals surface area contributed by atoms with Crippen LogP contribution in [0.15, 0.2) is 36.7 Å². The third-order valence-electron chi connectivity index (χ3n) is 2.87. The molecule has 0 amide bonds. The van der Waals surface area contributed by atoms with E-state index < -0.39 is 23.2 Å². The lowest BCUT2D eigenvalue weighted by Gasteiger charge is -2.25. The lowest BCUT2D eigenvalue weighted by Crippen LogP contribution is -2.37. The van der Waals surface area contributed by atoms with Crippen LogP contribution in [0.4, 0.5) is 17.6 Å². The topological polar surface area (TPSA) is 25.8 Å². The fraction of sp³-hybridized carbons (Fsp3) is 0.286. The summed E-state index contributed by atoms with van der Waals surface area (Å²) in [7, 11) is 0. The molecule has 1 heterocycles. The quantitative estimate of drug-likeness (QED) is 0.797. The van der Waals surface area contributed by atoms with Crippen LogP contribution in [0.2, 0.25) is 0 Å². The van der Waals surface area contributed by atoms with Gasteiger partial charge in [-0.25, -0.2) is 9.97 Å². The Hall–Kier alpha value is -1.98. The molecule has 2 aromatic rings. The van der Waals surface area contributed by atoms with Crippen molar-refractivity contribution >= 4 is 0 Å². The van der Waals surface area contributed by atoms with Crippen molar-refractivity contribution in [3.8, 4) is 0 Å². The molecule has 0 aliphatic rings. The van der Waals surface area contributed by atoms with E-state index in [-0.39, 0.29) is 0 Å². The first kappa shape index (κ1) is 14.4. The number of nitrogens with zero attached hydrogens (tertiary/aromatic N) is 2. The lowest BCUT2D eigenvalue weighted by atomic mass is 10.0. The standard InChI is InChI=1S/C14H12F4N2/c1-9-3-5-11(6-4-9)13(15,16)14(17,18)12-19-7-10(2)8-20-12/h3-8H,1-2H3. The molecular weight excluding hydrogens is 272 g/mol. The molecule has 0 N–H and O–H groups in total. The number of alkyl halides is 4. The first-order valence-electron chi connectivity index (χ1n) is 5.87. The van der Waals surface area contributed by atoms with Crippen molar-refractivity contribution in [3.05, 3.63) is 59.2 Å². The number of aryl methyl sites for hydroxylation is 2. The van der Waals surface area contributed by atoms with Gasteiger partial charge in [0.1, 0.15) is 0 Å². The molecule has 106 valence electrons. The maximum absolute atomic E-state index is 14.0. The third-order valence-corrected chi connectivity index (χ3v) is 2.87. The van der Waals surface area contributed by atoms with Crippen molar-refractivity contribution in [1.29, 1.82) is 0 Å². The highest BCUT2D eigenvalue weighted by atomic mass is 19.3. The van der Waals surface area contributed by atoms with Crippen LogP contribution in [0, 0.1) is 13.8 Å². The van der Waals surface area contributed by atoms with E-state index in [1.54, 1.807) is 13.8 Å². The van der Waals surface area contributed by atoms with Gasteiger partial charge in [0.25, 0.3) is 0 Å². The Morgan fingerprint density at radius 3 is 1.75 bits per heavy atom. The van der Waals surface area contributed by atoms with Gasteiger partial charge in [0.05, 0.1) is 0 Å². The highest BCUT2D eigenvalue weighted by Gasteiger charge is 2.60. The average molecular weight is 284 g/mol. The van der Waals surface area contributed by atoms with Crippen molar-refractivity contribution in [2.75, 3.05) is 0 Å². The van der Waals surface area contributed by atoms with Crippen molar-refractivity contribution in [2.24, 2.45) is 0 Å². The Morgan fingerprint density at radius 1 is 0.750 bits per heavy atom. The van der Waals surface area contributed by atoms with Crippen LogP contribution in [-0.4, -0.2) is 9.97 Å². The largest absolute Gasteiger partial charge is 0.372 e. The van der Waals surface area contributed by atoms with Crippen LogP contribution in [0.25, 0.3) is 0 Å². The molecule has 0 saturated heterocycles. The number of rotatable bonds is 3. The van der Waals surface area contributed by atoms with Crippen LogP contribution >= 0.6 is 0 Å². The molecule has 0 unspecified atom stereocenters. The highest BCUT2D eigenvalue weighted by molar-refractivity contribution is 5.28. The zero-order chi connectivity index (χ0) is 15.0. The average Bonchev–Trinajstić information content (AvgIpc) is 2.39. The summed E-state index contributed by atoms with van der Waals surface area (Å²) in [5, 5.41) is 0.